The van der Waals surface area contributed by atoms with Crippen LogP contribution >= 0.6 is 0 Å². The Morgan fingerprint density at radius 1 is 1.38 bits per heavy atom. The first-order valence-corrected chi connectivity index (χ1v) is 6.67. The molecule has 2 aromatic heterocycles. The number of aromatic nitrogens is 4. The third kappa shape index (κ3) is 2.22. The van der Waals surface area contributed by atoms with Crippen LogP contribution in [0.5, 0.6) is 5.88 Å². The Balaban J connectivity index is 2.19. The van der Waals surface area contributed by atoms with E-state index >= 15 is 0 Å². The normalized spacial score (nSPS) is 13.9. The Morgan fingerprint density at radius 2 is 2.19 bits per heavy atom. The Labute approximate surface area is 122 Å². The molecule has 0 aliphatic carbocycles. The first-order valence-electron chi connectivity index (χ1n) is 6.67. The van der Waals surface area contributed by atoms with Crippen LogP contribution in [0.3, 0.4) is 0 Å². The monoisotopic (exact) mass is 290 g/mol. The highest BCUT2D eigenvalue weighted by atomic mass is 16.5. The molecule has 8 heteroatoms. The minimum Gasteiger partial charge on any atom is -0.481 e. The predicted molar refractivity (Wildman–Crippen MR) is 76.7 cm³/mol. The van der Waals surface area contributed by atoms with Crippen LogP contribution in [-0.4, -0.2) is 33.5 Å². The summed E-state index contributed by atoms with van der Waals surface area (Å²) in [4.78, 5) is 9.15. The summed E-state index contributed by atoms with van der Waals surface area (Å²) >= 11 is 0. The van der Waals surface area contributed by atoms with Crippen molar-refractivity contribution in [2.75, 3.05) is 19.1 Å². The third-order valence-corrected chi connectivity index (χ3v) is 3.55. The van der Waals surface area contributed by atoms with Gasteiger partial charge < -0.3 is 14.9 Å². The second kappa shape index (κ2) is 5.30. The molecule has 1 aliphatic heterocycles. The number of hydrogen-bond donors (Lipinski definition) is 2. The van der Waals surface area contributed by atoms with Crippen LogP contribution in [0.25, 0.3) is 11.4 Å². The topological polar surface area (TPSA) is 100 Å². The molecule has 0 bridgehead atoms. The SMILES string of the molecule is COc1c(-c2nc3c(c(NN)n2)COCC3)c(C)nn1C. The van der Waals surface area contributed by atoms with Gasteiger partial charge >= 0.3 is 0 Å². The second-order valence-corrected chi connectivity index (χ2v) is 4.86. The molecule has 2 aromatic rings. The molecule has 0 atom stereocenters. The first-order chi connectivity index (χ1) is 10.2. The fraction of sp³-hybridized carbons (Fsp3) is 0.462. The van der Waals surface area contributed by atoms with Crippen LogP contribution in [0.4, 0.5) is 5.82 Å². The fourth-order valence-corrected chi connectivity index (χ4v) is 2.59. The summed E-state index contributed by atoms with van der Waals surface area (Å²) in [5, 5.41) is 4.36. The van der Waals surface area contributed by atoms with E-state index in [0.717, 1.165) is 28.9 Å². The van der Waals surface area contributed by atoms with Gasteiger partial charge in [-0.05, 0) is 6.92 Å². The van der Waals surface area contributed by atoms with Gasteiger partial charge in [0, 0.05) is 19.0 Å². The predicted octanol–water partition coefficient (Wildman–Crippen LogP) is 0.552. The van der Waals surface area contributed by atoms with Gasteiger partial charge in [0.15, 0.2) is 5.82 Å². The Bertz CT molecular complexity index is 665. The van der Waals surface area contributed by atoms with Gasteiger partial charge in [0.1, 0.15) is 11.4 Å². The molecule has 1 aliphatic rings. The minimum atomic E-state index is 0.471. The zero-order valence-corrected chi connectivity index (χ0v) is 12.3. The summed E-state index contributed by atoms with van der Waals surface area (Å²) in [5.74, 6) is 7.36. The maximum Gasteiger partial charge on any atom is 0.222 e. The van der Waals surface area contributed by atoms with Crippen molar-refractivity contribution in [2.24, 2.45) is 12.9 Å². The molecule has 0 spiro atoms. The number of nitrogens with one attached hydrogen (secondary N) is 1. The molecule has 112 valence electrons. The molecule has 0 unspecified atom stereocenters. The number of nitrogens with two attached hydrogens (primary N) is 1. The molecule has 21 heavy (non-hydrogen) atoms. The van der Waals surface area contributed by atoms with Crippen LogP contribution in [0.1, 0.15) is 17.0 Å². The standard InChI is InChI=1S/C13H18N6O2/c1-7-10(13(20-3)19(2)18-7)12-15-9-4-5-21-6-8(9)11(16-12)17-14/h4-6,14H2,1-3H3,(H,15,16,17). The fourth-order valence-electron chi connectivity index (χ4n) is 2.59. The van der Waals surface area contributed by atoms with Crippen LogP contribution < -0.4 is 16.0 Å². The lowest BCUT2D eigenvalue weighted by Crippen LogP contribution is -2.19. The highest BCUT2D eigenvalue weighted by Gasteiger charge is 2.23. The van der Waals surface area contributed by atoms with Crippen molar-refractivity contribution in [3.63, 3.8) is 0 Å². The van der Waals surface area contributed by atoms with Gasteiger partial charge in [-0.25, -0.2) is 20.5 Å². The molecule has 3 heterocycles. The lowest BCUT2D eigenvalue weighted by molar-refractivity contribution is 0.109. The molecular weight excluding hydrogens is 272 g/mol. The summed E-state index contributed by atoms with van der Waals surface area (Å²) in [5.41, 5.74) is 6.08. The highest BCUT2D eigenvalue weighted by Crippen LogP contribution is 2.33. The van der Waals surface area contributed by atoms with E-state index in [2.05, 4.69) is 20.5 Å². The van der Waals surface area contributed by atoms with Gasteiger partial charge in [0.05, 0.1) is 31.7 Å². The molecule has 0 radical (unpaired) electrons. The van der Waals surface area contributed by atoms with E-state index in [9.17, 15) is 0 Å². The van der Waals surface area contributed by atoms with Crippen molar-refractivity contribution < 1.29 is 9.47 Å². The molecule has 0 aromatic carbocycles. The van der Waals surface area contributed by atoms with E-state index in [4.69, 9.17) is 15.3 Å². The average Bonchev–Trinajstić information content (AvgIpc) is 2.79. The number of hydrogen-bond acceptors (Lipinski definition) is 7. The largest absolute Gasteiger partial charge is 0.481 e. The summed E-state index contributed by atoms with van der Waals surface area (Å²) in [7, 11) is 3.43. The summed E-state index contributed by atoms with van der Waals surface area (Å²) < 4.78 is 12.5. The van der Waals surface area contributed by atoms with E-state index in [1.54, 1.807) is 11.8 Å². The number of rotatable bonds is 3. The van der Waals surface area contributed by atoms with Crippen LogP contribution in [0.15, 0.2) is 0 Å². The molecule has 0 fully saturated rings. The molecule has 3 rings (SSSR count). The number of nitrogens with zero attached hydrogens (tertiary/aromatic N) is 4. The molecule has 0 saturated carbocycles. The average molecular weight is 290 g/mol. The van der Waals surface area contributed by atoms with Crippen molar-refractivity contribution in [3.05, 3.63) is 17.0 Å². The van der Waals surface area contributed by atoms with Gasteiger partial charge in [-0.2, -0.15) is 5.10 Å². The van der Waals surface area contributed by atoms with Gasteiger partial charge in [-0.15, -0.1) is 0 Å². The molecule has 3 N–H and O–H groups in total. The lowest BCUT2D eigenvalue weighted by Gasteiger charge is -2.19. The Morgan fingerprint density at radius 3 is 2.90 bits per heavy atom. The summed E-state index contributed by atoms with van der Waals surface area (Å²) in [6.07, 6.45) is 0.737. The zero-order valence-electron chi connectivity index (χ0n) is 12.3. The summed E-state index contributed by atoms with van der Waals surface area (Å²) in [6.45, 7) is 3.02. The molecule has 8 nitrogen and oxygen atoms in total. The number of aryl methyl sites for hydroxylation is 2. The second-order valence-electron chi connectivity index (χ2n) is 4.86. The maximum absolute atomic E-state index is 5.59. The maximum atomic E-state index is 5.59. The van der Waals surface area contributed by atoms with Crippen LogP contribution in [0, 0.1) is 6.92 Å². The number of ether oxygens (including phenoxy) is 2. The minimum absolute atomic E-state index is 0.471. The number of hydrazine groups is 1. The van der Waals surface area contributed by atoms with Gasteiger partial charge in [-0.3, -0.25) is 0 Å². The van der Waals surface area contributed by atoms with E-state index in [0.29, 0.717) is 30.7 Å². The molecule has 0 amide bonds. The first kappa shape index (κ1) is 13.8. The highest BCUT2D eigenvalue weighted by molar-refractivity contribution is 5.67. The lowest BCUT2D eigenvalue weighted by atomic mass is 10.1. The number of anilines is 1. The van der Waals surface area contributed by atoms with E-state index < -0.39 is 0 Å². The Hall–Kier alpha value is -2.19. The van der Waals surface area contributed by atoms with Gasteiger partial charge in [0.2, 0.25) is 5.88 Å². The quantitative estimate of drug-likeness (QED) is 0.629. The zero-order chi connectivity index (χ0) is 15.0. The van der Waals surface area contributed by atoms with Crippen molar-refractivity contribution in [1.29, 1.82) is 0 Å². The molecular formula is C13H18N6O2. The van der Waals surface area contributed by atoms with E-state index in [1.807, 2.05) is 14.0 Å². The number of nitrogen functional groups attached to an aromatic ring is 1. The Kier molecular flexibility index (Phi) is 3.48. The van der Waals surface area contributed by atoms with Crippen LogP contribution in [-0.2, 0) is 24.8 Å². The third-order valence-electron chi connectivity index (χ3n) is 3.55. The van der Waals surface area contributed by atoms with Gasteiger partial charge in [0.25, 0.3) is 0 Å². The summed E-state index contributed by atoms with van der Waals surface area (Å²) in [6, 6.07) is 0. The van der Waals surface area contributed by atoms with Crippen LogP contribution in [0.2, 0.25) is 0 Å². The number of methoxy groups -OCH3 is 1. The van der Waals surface area contributed by atoms with Crippen molar-refractivity contribution >= 4 is 5.82 Å². The van der Waals surface area contributed by atoms with Gasteiger partial charge in [-0.1, -0.05) is 0 Å². The van der Waals surface area contributed by atoms with Crippen molar-refractivity contribution in [2.45, 2.75) is 20.0 Å². The van der Waals surface area contributed by atoms with Crippen molar-refractivity contribution in [1.82, 2.24) is 19.7 Å². The van der Waals surface area contributed by atoms with E-state index in [-0.39, 0.29) is 0 Å². The number of fused-ring (bicyclic) bond motifs is 1. The molecule has 0 saturated heterocycles. The smallest absolute Gasteiger partial charge is 0.222 e. The van der Waals surface area contributed by atoms with Crippen molar-refractivity contribution in [3.8, 4) is 17.3 Å². The van der Waals surface area contributed by atoms with E-state index in [1.165, 1.54) is 0 Å².